The molecule has 0 unspecified atom stereocenters. The summed E-state index contributed by atoms with van der Waals surface area (Å²) in [7, 11) is 0. The Balaban J connectivity index is 4.10. The second-order valence-electron chi connectivity index (χ2n) is 3.12. The number of carbonyl (C=O) groups is 2. The fourth-order valence-corrected chi connectivity index (χ4v) is 1.07. The third kappa shape index (κ3) is 7.34. The number of allylic oxidation sites excluding steroid dienone is 1. The van der Waals surface area contributed by atoms with Gasteiger partial charge in [0.15, 0.2) is 0 Å². The molecule has 4 nitrogen and oxygen atoms in total. The van der Waals surface area contributed by atoms with Crippen LogP contribution in [0, 0.1) is 0 Å². The van der Waals surface area contributed by atoms with Gasteiger partial charge in [-0.2, -0.15) is 0 Å². The number of hydrogen-bond donors (Lipinski definition) is 2. The first kappa shape index (κ1) is 12.7. The zero-order chi connectivity index (χ0) is 11.0. The molecule has 0 aliphatic rings. The first-order valence-electron chi connectivity index (χ1n) is 4.67. The molecule has 0 saturated carbocycles. The van der Waals surface area contributed by atoms with Crippen LogP contribution in [0.3, 0.4) is 0 Å². The average Bonchev–Trinajstić information content (AvgIpc) is 2.09. The zero-order valence-electron chi connectivity index (χ0n) is 8.32. The van der Waals surface area contributed by atoms with Crippen molar-refractivity contribution in [2.24, 2.45) is 0 Å². The maximum atomic E-state index is 10.4. The van der Waals surface area contributed by atoms with Gasteiger partial charge in [-0.3, -0.25) is 9.59 Å². The monoisotopic (exact) mass is 200 g/mol. The minimum Gasteiger partial charge on any atom is -0.481 e. The van der Waals surface area contributed by atoms with E-state index in [4.69, 9.17) is 10.2 Å². The van der Waals surface area contributed by atoms with Crippen LogP contribution in [-0.2, 0) is 9.59 Å². The van der Waals surface area contributed by atoms with Crippen molar-refractivity contribution >= 4 is 11.9 Å². The maximum absolute atomic E-state index is 10.4. The summed E-state index contributed by atoms with van der Waals surface area (Å²) < 4.78 is 0. The lowest BCUT2D eigenvalue weighted by Crippen LogP contribution is -2.01. The molecule has 0 saturated heterocycles. The normalized spacial score (nSPS) is 11.4. The lowest BCUT2D eigenvalue weighted by molar-refractivity contribution is -0.138. The lowest BCUT2D eigenvalue weighted by atomic mass is 10.1. The summed E-state index contributed by atoms with van der Waals surface area (Å²) in [4.78, 5) is 20.7. The molecule has 0 radical (unpaired) electrons. The Morgan fingerprint density at radius 1 is 1.14 bits per heavy atom. The van der Waals surface area contributed by atoms with E-state index in [1.807, 2.05) is 13.0 Å². The molecule has 0 bridgehead atoms. The van der Waals surface area contributed by atoms with Crippen LogP contribution in [0.2, 0.25) is 0 Å². The third-order valence-electron chi connectivity index (χ3n) is 1.76. The molecule has 0 amide bonds. The highest BCUT2D eigenvalue weighted by molar-refractivity contribution is 5.71. The van der Waals surface area contributed by atoms with Gasteiger partial charge in [0.1, 0.15) is 0 Å². The zero-order valence-corrected chi connectivity index (χ0v) is 8.32. The van der Waals surface area contributed by atoms with Crippen molar-refractivity contribution in [1.29, 1.82) is 0 Å². The highest BCUT2D eigenvalue weighted by Crippen LogP contribution is 2.11. The van der Waals surface area contributed by atoms with Gasteiger partial charge in [0.2, 0.25) is 0 Å². The lowest BCUT2D eigenvalue weighted by Gasteiger charge is -2.02. The molecule has 4 heteroatoms. The van der Waals surface area contributed by atoms with Crippen LogP contribution < -0.4 is 0 Å². The van der Waals surface area contributed by atoms with E-state index in [1.54, 1.807) is 0 Å². The van der Waals surface area contributed by atoms with Crippen molar-refractivity contribution in [3.8, 4) is 0 Å². The van der Waals surface area contributed by atoms with Gasteiger partial charge in [-0.25, -0.2) is 0 Å². The number of aliphatic carboxylic acids is 2. The van der Waals surface area contributed by atoms with E-state index < -0.39 is 11.9 Å². The third-order valence-corrected chi connectivity index (χ3v) is 1.76. The summed E-state index contributed by atoms with van der Waals surface area (Å²) in [6.45, 7) is 1.99. The summed E-state index contributed by atoms with van der Waals surface area (Å²) >= 11 is 0. The number of carboxylic acids is 2. The van der Waals surface area contributed by atoms with E-state index in [2.05, 4.69) is 0 Å². The van der Waals surface area contributed by atoms with Gasteiger partial charge in [0.25, 0.3) is 0 Å². The topological polar surface area (TPSA) is 74.6 Å². The summed E-state index contributed by atoms with van der Waals surface area (Å²) in [5.74, 6) is -1.80. The molecular weight excluding hydrogens is 184 g/mol. The summed E-state index contributed by atoms with van der Waals surface area (Å²) in [5, 5.41) is 17.0. The van der Waals surface area contributed by atoms with Crippen LogP contribution in [0.15, 0.2) is 11.6 Å². The van der Waals surface area contributed by atoms with Gasteiger partial charge >= 0.3 is 11.9 Å². The van der Waals surface area contributed by atoms with Gasteiger partial charge in [0, 0.05) is 6.42 Å². The molecule has 0 fully saturated rings. The Kier molecular flexibility index (Phi) is 6.45. The van der Waals surface area contributed by atoms with Crippen LogP contribution in [0.5, 0.6) is 0 Å². The smallest absolute Gasteiger partial charge is 0.307 e. The van der Waals surface area contributed by atoms with Crippen molar-refractivity contribution in [3.05, 3.63) is 11.6 Å². The molecule has 0 spiro atoms. The van der Waals surface area contributed by atoms with Gasteiger partial charge < -0.3 is 10.2 Å². The van der Waals surface area contributed by atoms with Crippen LogP contribution in [0.25, 0.3) is 0 Å². The van der Waals surface area contributed by atoms with Crippen LogP contribution in [0.4, 0.5) is 0 Å². The Morgan fingerprint density at radius 3 is 2.21 bits per heavy atom. The molecule has 0 aromatic carbocycles. The van der Waals surface area contributed by atoms with Crippen molar-refractivity contribution in [1.82, 2.24) is 0 Å². The Morgan fingerprint density at radius 2 is 1.79 bits per heavy atom. The van der Waals surface area contributed by atoms with E-state index in [0.29, 0.717) is 12.0 Å². The molecule has 0 aromatic rings. The van der Waals surface area contributed by atoms with E-state index in [9.17, 15) is 9.59 Å². The molecule has 14 heavy (non-hydrogen) atoms. The van der Waals surface area contributed by atoms with E-state index in [1.165, 1.54) is 0 Å². The minimum atomic E-state index is -0.905. The predicted molar refractivity (Wildman–Crippen MR) is 52.1 cm³/mol. The molecule has 0 heterocycles. The largest absolute Gasteiger partial charge is 0.481 e. The van der Waals surface area contributed by atoms with Crippen molar-refractivity contribution in [3.63, 3.8) is 0 Å². The average molecular weight is 200 g/mol. The van der Waals surface area contributed by atoms with E-state index in [-0.39, 0.29) is 12.8 Å². The summed E-state index contributed by atoms with van der Waals surface area (Å²) in [5.41, 5.74) is 0.710. The molecule has 0 rings (SSSR count). The molecular formula is C10H16O4. The van der Waals surface area contributed by atoms with E-state index in [0.717, 1.165) is 12.8 Å². The maximum Gasteiger partial charge on any atom is 0.307 e. The van der Waals surface area contributed by atoms with Gasteiger partial charge in [-0.05, 0) is 12.8 Å². The molecule has 0 aliphatic heterocycles. The van der Waals surface area contributed by atoms with Gasteiger partial charge in [-0.15, -0.1) is 0 Å². The molecule has 0 aromatic heterocycles. The fourth-order valence-electron chi connectivity index (χ4n) is 1.07. The summed E-state index contributed by atoms with van der Waals surface area (Å²) in [6.07, 6.45) is 3.87. The SMILES string of the molecule is CCCC=C(CCC(=O)O)CC(=O)O. The van der Waals surface area contributed by atoms with Gasteiger partial charge in [0.05, 0.1) is 6.42 Å². The Labute approximate surface area is 83.2 Å². The van der Waals surface area contributed by atoms with Crippen molar-refractivity contribution < 1.29 is 19.8 Å². The Bertz CT molecular complexity index is 230. The summed E-state index contributed by atoms with van der Waals surface area (Å²) in [6, 6.07) is 0. The second kappa shape index (κ2) is 7.12. The minimum absolute atomic E-state index is 0.00281. The second-order valence-corrected chi connectivity index (χ2v) is 3.12. The number of hydrogen-bond acceptors (Lipinski definition) is 2. The first-order valence-corrected chi connectivity index (χ1v) is 4.67. The van der Waals surface area contributed by atoms with Crippen LogP contribution in [0.1, 0.15) is 39.0 Å². The first-order chi connectivity index (χ1) is 6.56. The quantitative estimate of drug-likeness (QED) is 0.617. The number of rotatable bonds is 7. The molecule has 80 valence electrons. The molecule has 0 aliphatic carbocycles. The standard InChI is InChI=1S/C10H16O4/c1-2-3-4-8(7-10(13)14)5-6-9(11)12/h4H,2-3,5-7H2,1H3,(H,11,12)(H,13,14). The van der Waals surface area contributed by atoms with Gasteiger partial charge in [-0.1, -0.05) is 25.0 Å². The highest BCUT2D eigenvalue weighted by atomic mass is 16.4. The van der Waals surface area contributed by atoms with Crippen molar-refractivity contribution in [2.75, 3.05) is 0 Å². The van der Waals surface area contributed by atoms with E-state index >= 15 is 0 Å². The van der Waals surface area contributed by atoms with Crippen LogP contribution in [-0.4, -0.2) is 22.2 Å². The number of unbranched alkanes of at least 4 members (excludes halogenated alkanes) is 1. The van der Waals surface area contributed by atoms with Crippen molar-refractivity contribution in [2.45, 2.75) is 39.0 Å². The van der Waals surface area contributed by atoms with Crippen LogP contribution >= 0.6 is 0 Å². The fraction of sp³-hybridized carbons (Fsp3) is 0.600. The Hall–Kier alpha value is -1.32. The molecule has 0 atom stereocenters. The predicted octanol–water partition coefficient (Wildman–Crippen LogP) is 2.05. The number of carboxylic acid groups (broad SMARTS) is 2. The highest BCUT2D eigenvalue weighted by Gasteiger charge is 2.06. The molecule has 2 N–H and O–H groups in total.